The number of benzene rings is 1. The van der Waals surface area contributed by atoms with Gasteiger partial charge in [0, 0.05) is 24.4 Å². The average molecular weight is 468 g/mol. The van der Waals surface area contributed by atoms with Crippen LogP contribution in [0.5, 0.6) is 5.75 Å². The van der Waals surface area contributed by atoms with E-state index in [1.807, 2.05) is 6.92 Å². The fourth-order valence-corrected chi connectivity index (χ4v) is 5.37. The van der Waals surface area contributed by atoms with Gasteiger partial charge in [0.05, 0.1) is 18.1 Å². The van der Waals surface area contributed by atoms with Crippen LogP contribution in [0.25, 0.3) is 0 Å². The molecule has 0 spiro atoms. The standard InChI is InChI=1S/C20H25N3O6S2/c1-3-28-15-5-7-16(8-6-15)31(26,27)23-11-9-14(10-12-23)18(24)22-20-21-17(13-30-20)19(25)29-4-2/h5-8,13-14H,3-4,9-12H2,1-2H3,(H,21,22,24). The Kier molecular flexibility index (Phi) is 7.63. The Labute approximate surface area is 185 Å². The Morgan fingerprint density at radius 3 is 2.45 bits per heavy atom. The molecule has 0 atom stereocenters. The second-order valence-corrected chi connectivity index (χ2v) is 9.63. The maximum Gasteiger partial charge on any atom is 0.357 e. The van der Waals surface area contributed by atoms with Crippen molar-refractivity contribution >= 4 is 38.4 Å². The van der Waals surface area contributed by atoms with Gasteiger partial charge < -0.3 is 14.8 Å². The van der Waals surface area contributed by atoms with Crippen molar-refractivity contribution in [1.29, 1.82) is 0 Å². The molecule has 1 aromatic carbocycles. The Morgan fingerprint density at radius 1 is 1.16 bits per heavy atom. The number of esters is 1. The lowest BCUT2D eigenvalue weighted by molar-refractivity contribution is -0.120. The normalized spacial score (nSPS) is 15.4. The van der Waals surface area contributed by atoms with E-state index in [9.17, 15) is 18.0 Å². The minimum atomic E-state index is -3.63. The van der Waals surface area contributed by atoms with Crippen molar-refractivity contribution < 1.29 is 27.5 Å². The van der Waals surface area contributed by atoms with Crippen LogP contribution in [-0.4, -0.2) is 55.9 Å². The van der Waals surface area contributed by atoms with Gasteiger partial charge in [0.2, 0.25) is 15.9 Å². The highest BCUT2D eigenvalue weighted by atomic mass is 32.2. The largest absolute Gasteiger partial charge is 0.494 e. The van der Waals surface area contributed by atoms with E-state index >= 15 is 0 Å². The zero-order valence-electron chi connectivity index (χ0n) is 17.4. The van der Waals surface area contributed by atoms with Gasteiger partial charge in [0.15, 0.2) is 10.8 Å². The fourth-order valence-electron chi connectivity index (χ4n) is 3.22. The molecule has 1 aromatic heterocycles. The van der Waals surface area contributed by atoms with Crippen molar-refractivity contribution in [3.63, 3.8) is 0 Å². The highest BCUT2D eigenvalue weighted by molar-refractivity contribution is 7.89. The predicted molar refractivity (Wildman–Crippen MR) is 116 cm³/mol. The third-order valence-corrected chi connectivity index (χ3v) is 7.49. The second-order valence-electron chi connectivity index (χ2n) is 6.83. The number of carbonyl (C=O) groups excluding carboxylic acids is 2. The molecular formula is C20H25N3O6S2. The van der Waals surface area contributed by atoms with Gasteiger partial charge >= 0.3 is 5.97 Å². The van der Waals surface area contributed by atoms with Gasteiger partial charge in [-0.2, -0.15) is 4.31 Å². The first-order chi connectivity index (χ1) is 14.8. The second kappa shape index (κ2) is 10.2. The summed E-state index contributed by atoms with van der Waals surface area (Å²) in [5.74, 6) is -0.484. The van der Waals surface area contributed by atoms with E-state index in [2.05, 4.69) is 10.3 Å². The molecular weight excluding hydrogens is 442 g/mol. The number of aromatic nitrogens is 1. The van der Waals surface area contributed by atoms with Crippen molar-refractivity contribution in [2.75, 3.05) is 31.6 Å². The van der Waals surface area contributed by atoms with Gasteiger partial charge in [-0.15, -0.1) is 11.3 Å². The Balaban J connectivity index is 1.56. The van der Waals surface area contributed by atoms with E-state index in [1.54, 1.807) is 19.1 Å². The fraction of sp³-hybridized carbons (Fsp3) is 0.450. The van der Waals surface area contributed by atoms with Crippen molar-refractivity contribution in [1.82, 2.24) is 9.29 Å². The third-order valence-electron chi connectivity index (χ3n) is 4.82. The van der Waals surface area contributed by atoms with E-state index in [0.717, 1.165) is 11.3 Å². The van der Waals surface area contributed by atoms with Crippen LogP contribution in [0.15, 0.2) is 34.5 Å². The first-order valence-corrected chi connectivity index (χ1v) is 12.3. The summed E-state index contributed by atoms with van der Waals surface area (Å²) >= 11 is 1.14. The maximum absolute atomic E-state index is 12.9. The molecule has 1 amide bonds. The molecule has 0 unspecified atom stereocenters. The van der Waals surface area contributed by atoms with Crippen LogP contribution < -0.4 is 10.1 Å². The van der Waals surface area contributed by atoms with Crippen LogP contribution in [0.1, 0.15) is 37.2 Å². The van der Waals surface area contributed by atoms with Gasteiger partial charge in [-0.1, -0.05) is 0 Å². The molecule has 31 heavy (non-hydrogen) atoms. The summed E-state index contributed by atoms with van der Waals surface area (Å²) in [6, 6.07) is 6.33. The number of piperidine rings is 1. The topological polar surface area (TPSA) is 115 Å². The molecule has 0 aliphatic carbocycles. The number of nitrogens with zero attached hydrogens (tertiary/aromatic N) is 2. The quantitative estimate of drug-likeness (QED) is 0.594. The van der Waals surface area contributed by atoms with Gasteiger partial charge in [-0.25, -0.2) is 18.2 Å². The predicted octanol–water partition coefficient (Wildman–Crippen LogP) is 2.76. The van der Waals surface area contributed by atoms with E-state index in [1.165, 1.54) is 21.8 Å². The summed E-state index contributed by atoms with van der Waals surface area (Å²) in [7, 11) is -3.63. The molecule has 0 bridgehead atoms. The molecule has 0 saturated carbocycles. The van der Waals surface area contributed by atoms with Crippen molar-refractivity contribution in [2.24, 2.45) is 5.92 Å². The smallest absolute Gasteiger partial charge is 0.357 e. The molecule has 1 aliphatic heterocycles. The number of anilines is 1. The molecule has 0 radical (unpaired) electrons. The molecule has 3 rings (SSSR count). The Bertz CT molecular complexity index is 1010. The van der Waals surface area contributed by atoms with Gasteiger partial charge in [0.1, 0.15) is 5.75 Å². The summed E-state index contributed by atoms with van der Waals surface area (Å²) < 4.78 is 37.4. The summed E-state index contributed by atoms with van der Waals surface area (Å²) in [5, 5.41) is 4.56. The van der Waals surface area contributed by atoms with E-state index < -0.39 is 16.0 Å². The molecule has 11 heteroatoms. The summed E-state index contributed by atoms with van der Waals surface area (Å²) in [6.45, 7) is 4.82. The van der Waals surface area contributed by atoms with Crippen LogP contribution in [0.4, 0.5) is 5.13 Å². The lowest BCUT2D eigenvalue weighted by Gasteiger charge is -2.30. The number of carbonyl (C=O) groups is 2. The van der Waals surface area contributed by atoms with Crippen molar-refractivity contribution in [3.8, 4) is 5.75 Å². The minimum Gasteiger partial charge on any atom is -0.494 e. The maximum atomic E-state index is 12.9. The zero-order valence-corrected chi connectivity index (χ0v) is 19.0. The van der Waals surface area contributed by atoms with Crippen LogP contribution in [0.2, 0.25) is 0 Å². The number of nitrogens with one attached hydrogen (secondary N) is 1. The number of hydrogen-bond donors (Lipinski definition) is 1. The van der Waals surface area contributed by atoms with Gasteiger partial charge in [-0.05, 0) is 51.0 Å². The van der Waals surface area contributed by atoms with Gasteiger partial charge in [-0.3, -0.25) is 4.79 Å². The van der Waals surface area contributed by atoms with Crippen LogP contribution in [-0.2, 0) is 19.6 Å². The monoisotopic (exact) mass is 467 g/mol. The highest BCUT2D eigenvalue weighted by Crippen LogP contribution is 2.26. The number of sulfonamides is 1. The van der Waals surface area contributed by atoms with Crippen LogP contribution >= 0.6 is 11.3 Å². The van der Waals surface area contributed by atoms with Gasteiger partial charge in [0.25, 0.3) is 0 Å². The molecule has 2 heterocycles. The molecule has 1 saturated heterocycles. The Morgan fingerprint density at radius 2 is 1.84 bits per heavy atom. The van der Waals surface area contributed by atoms with E-state index in [0.29, 0.717) is 30.3 Å². The molecule has 9 nitrogen and oxygen atoms in total. The average Bonchev–Trinajstić information content (AvgIpc) is 3.23. The molecule has 2 aromatic rings. The minimum absolute atomic E-state index is 0.151. The number of hydrogen-bond acceptors (Lipinski definition) is 8. The molecule has 1 fully saturated rings. The van der Waals surface area contributed by atoms with Crippen LogP contribution in [0, 0.1) is 5.92 Å². The SMILES string of the molecule is CCOC(=O)c1csc(NC(=O)C2CCN(S(=O)(=O)c3ccc(OCC)cc3)CC2)n1. The van der Waals surface area contributed by atoms with E-state index in [4.69, 9.17) is 9.47 Å². The lowest BCUT2D eigenvalue weighted by Crippen LogP contribution is -2.41. The first kappa shape index (κ1) is 23.2. The molecule has 1 N–H and O–H groups in total. The number of ether oxygens (including phenoxy) is 2. The summed E-state index contributed by atoms with van der Waals surface area (Å²) in [4.78, 5) is 28.5. The number of rotatable bonds is 8. The molecule has 1 aliphatic rings. The first-order valence-electron chi connectivity index (χ1n) is 10.0. The van der Waals surface area contributed by atoms with Crippen LogP contribution in [0.3, 0.4) is 0 Å². The number of amides is 1. The summed E-state index contributed by atoms with van der Waals surface area (Å²) in [5.41, 5.74) is 0.151. The summed E-state index contributed by atoms with van der Waals surface area (Å²) in [6.07, 6.45) is 0.802. The lowest BCUT2D eigenvalue weighted by atomic mass is 9.97. The van der Waals surface area contributed by atoms with E-state index in [-0.39, 0.29) is 42.1 Å². The Hall–Kier alpha value is -2.50. The molecule has 168 valence electrons. The highest BCUT2D eigenvalue weighted by Gasteiger charge is 2.32. The van der Waals surface area contributed by atoms with Crippen molar-refractivity contribution in [2.45, 2.75) is 31.6 Å². The number of thiazole rings is 1. The van der Waals surface area contributed by atoms with Crippen molar-refractivity contribution in [3.05, 3.63) is 35.3 Å². The zero-order chi connectivity index (χ0) is 22.4. The third kappa shape index (κ3) is 5.60.